The minimum atomic E-state index is -3.49. The van der Waals surface area contributed by atoms with Gasteiger partial charge in [-0.1, -0.05) is 32.0 Å². The highest BCUT2D eigenvalue weighted by molar-refractivity contribution is 7.89. The monoisotopic (exact) mass is 513 g/mol. The number of nitrogens with zero attached hydrogens (tertiary/aromatic N) is 3. The van der Waals surface area contributed by atoms with E-state index in [1.165, 1.54) is 11.3 Å². The van der Waals surface area contributed by atoms with Crippen LogP contribution in [0.3, 0.4) is 0 Å². The first-order valence-corrected chi connectivity index (χ1v) is 14.7. The zero-order valence-corrected chi connectivity index (χ0v) is 22.6. The number of carbonyl (C=O) groups excluding carboxylic acids is 1. The van der Waals surface area contributed by atoms with Crippen LogP contribution < -0.4 is 10.2 Å². The van der Waals surface area contributed by atoms with Crippen molar-refractivity contribution in [3.05, 3.63) is 48.0 Å². The molecule has 196 valence electrons. The molecule has 4 atom stereocenters. The molecule has 1 amide bonds. The van der Waals surface area contributed by atoms with E-state index in [-0.39, 0.29) is 29.0 Å². The zero-order valence-electron chi connectivity index (χ0n) is 21.8. The second-order valence-electron chi connectivity index (χ2n) is 11.6. The van der Waals surface area contributed by atoms with Crippen molar-refractivity contribution in [2.24, 2.45) is 16.7 Å². The lowest BCUT2D eigenvalue weighted by molar-refractivity contribution is -0.124. The van der Waals surface area contributed by atoms with E-state index in [9.17, 15) is 13.2 Å². The molecule has 1 saturated heterocycles. The number of benzene rings is 1. The highest BCUT2D eigenvalue weighted by Crippen LogP contribution is 2.66. The molecule has 0 radical (unpaired) electrons. The summed E-state index contributed by atoms with van der Waals surface area (Å²) in [4.78, 5) is 22.6. The Morgan fingerprint density at radius 1 is 1.22 bits per heavy atom. The number of imidazole rings is 1. The number of carbonyl (C=O) groups is 1. The lowest BCUT2D eigenvalue weighted by atomic mass is 9.69. The fraction of sp³-hybridized carbons (Fsp3) is 0.630. The molecule has 3 aliphatic rings. The number of aryl methyl sites for hydroxylation is 1. The third-order valence-corrected chi connectivity index (χ3v) is 11.7. The van der Waals surface area contributed by atoms with E-state index in [0.717, 1.165) is 19.3 Å². The number of piperazine rings is 1. The van der Waals surface area contributed by atoms with E-state index in [2.05, 4.69) is 53.1 Å². The maximum Gasteiger partial charge on any atom is 0.229 e. The second-order valence-corrected chi connectivity index (χ2v) is 13.5. The number of nitrogens with one attached hydrogen (secondary N) is 2. The number of para-hydroxylation sites is 1. The number of fused-ring (bicyclic) bond motifs is 2. The number of anilines is 1. The first-order chi connectivity index (χ1) is 17.0. The molecule has 4 unspecified atom stereocenters. The molecule has 2 N–H and O–H groups in total. The van der Waals surface area contributed by atoms with Gasteiger partial charge < -0.3 is 15.2 Å². The topological polar surface area (TPSA) is 98.4 Å². The first kappa shape index (κ1) is 25.3. The second kappa shape index (κ2) is 9.17. The summed E-state index contributed by atoms with van der Waals surface area (Å²) >= 11 is 0. The summed E-state index contributed by atoms with van der Waals surface area (Å²) in [5.74, 6) is 0.0348. The Morgan fingerprint density at radius 2 is 1.94 bits per heavy atom. The van der Waals surface area contributed by atoms with Gasteiger partial charge in [0.05, 0.1) is 23.7 Å². The Kier molecular flexibility index (Phi) is 6.44. The highest BCUT2D eigenvalue weighted by atomic mass is 32.2. The maximum absolute atomic E-state index is 13.9. The van der Waals surface area contributed by atoms with E-state index >= 15 is 0 Å². The molecule has 1 aromatic carbocycles. The van der Waals surface area contributed by atoms with Gasteiger partial charge in [0, 0.05) is 49.5 Å². The Labute approximate surface area is 214 Å². The average molecular weight is 514 g/mol. The molecule has 36 heavy (non-hydrogen) atoms. The van der Waals surface area contributed by atoms with E-state index in [4.69, 9.17) is 0 Å². The molecule has 1 aromatic heterocycles. The normalized spacial score (nSPS) is 28.8. The van der Waals surface area contributed by atoms with Crippen LogP contribution in [-0.4, -0.2) is 66.6 Å². The Bertz CT molecular complexity index is 1200. The molecule has 2 saturated carbocycles. The van der Waals surface area contributed by atoms with Gasteiger partial charge in [0.2, 0.25) is 15.9 Å². The number of aromatic amines is 1. The van der Waals surface area contributed by atoms with Crippen LogP contribution in [-0.2, 0) is 14.8 Å². The minimum absolute atomic E-state index is 0.0842. The largest absolute Gasteiger partial charge is 0.369 e. The summed E-state index contributed by atoms with van der Waals surface area (Å²) in [6.07, 6.45) is 6.00. The molecule has 2 heterocycles. The number of hydrogen-bond acceptors (Lipinski definition) is 5. The van der Waals surface area contributed by atoms with Crippen LogP contribution in [0.2, 0.25) is 0 Å². The van der Waals surface area contributed by atoms with Crippen molar-refractivity contribution in [3.8, 4) is 0 Å². The van der Waals surface area contributed by atoms with Crippen molar-refractivity contribution in [3.63, 3.8) is 0 Å². The lowest BCUT2D eigenvalue weighted by Gasteiger charge is -2.44. The predicted octanol–water partition coefficient (Wildman–Crippen LogP) is 3.28. The number of rotatable bonds is 7. The molecule has 2 aliphatic carbocycles. The third-order valence-electron chi connectivity index (χ3n) is 9.63. The van der Waals surface area contributed by atoms with E-state index in [1.807, 2.05) is 19.1 Å². The van der Waals surface area contributed by atoms with E-state index in [0.29, 0.717) is 37.8 Å². The van der Waals surface area contributed by atoms with Gasteiger partial charge >= 0.3 is 0 Å². The Hall–Kier alpha value is -2.39. The molecule has 1 aliphatic heterocycles. The molecule has 3 fully saturated rings. The van der Waals surface area contributed by atoms with Gasteiger partial charge in [0.1, 0.15) is 0 Å². The lowest BCUT2D eigenvalue weighted by Crippen LogP contribution is -2.56. The van der Waals surface area contributed by atoms with Crippen molar-refractivity contribution in [1.29, 1.82) is 0 Å². The standard InChI is InChI=1S/C27H39N5O3S/c1-19-7-5-6-8-23(19)31-11-13-32(14-12-31)36(34,35)17-27-10-9-21(26(27,3)4)15-24(27)30-25(33)20(2)22-16-28-18-29-22/h5-8,16,18,20-21,24H,9-15,17H2,1-4H3,(H,28,29)(H,30,33). The zero-order chi connectivity index (χ0) is 25.7. The molecule has 9 heteroatoms. The van der Waals surface area contributed by atoms with Crippen LogP contribution in [0.4, 0.5) is 5.69 Å². The average Bonchev–Trinajstić information content (AvgIpc) is 3.51. The number of aromatic nitrogens is 2. The molecular weight excluding hydrogens is 474 g/mol. The minimum Gasteiger partial charge on any atom is -0.369 e. The third kappa shape index (κ3) is 4.14. The van der Waals surface area contributed by atoms with Crippen LogP contribution in [0.1, 0.15) is 57.2 Å². The van der Waals surface area contributed by atoms with Gasteiger partial charge in [-0.2, -0.15) is 4.31 Å². The van der Waals surface area contributed by atoms with Crippen LogP contribution in [0, 0.1) is 23.7 Å². The number of hydrogen-bond donors (Lipinski definition) is 2. The molecule has 2 aromatic rings. The quantitative estimate of drug-likeness (QED) is 0.592. The van der Waals surface area contributed by atoms with Crippen LogP contribution in [0.15, 0.2) is 36.8 Å². The van der Waals surface area contributed by atoms with Gasteiger partial charge in [0.15, 0.2) is 0 Å². The van der Waals surface area contributed by atoms with E-state index in [1.54, 1.807) is 16.8 Å². The summed E-state index contributed by atoms with van der Waals surface area (Å²) in [6.45, 7) is 10.7. The summed E-state index contributed by atoms with van der Waals surface area (Å²) in [7, 11) is -3.49. The summed E-state index contributed by atoms with van der Waals surface area (Å²) in [6, 6.07) is 8.11. The summed E-state index contributed by atoms with van der Waals surface area (Å²) < 4.78 is 29.4. The summed E-state index contributed by atoms with van der Waals surface area (Å²) in [5.41, 5.74) is 2.46. The number of amides is 1. The van der Waals surface area contributed by atoms with Crippen LogP contribution in [0.5, 0.6) is 0 Å². The Balaban J connectivity index is 1.31. The van der Waals surface area contributed by atoms with Gasteiger partial charge in [-0.05, 0) is 56.1 Å². The van der Waals surface area contributed by atoms with Gasteiger partial charge in [0.25, 0.3) is 0 Å². The van der Waals surface area contributed by atoms with Crippen molar-refractivity contribution in [2.75, 3.05) is 36.8 Å². The molecular formula is C27H39N5O3S. The number of H-pyrrole nitrogens is 1. The Morgan fingerprint density at radius 3 is 2.58 bits per heavy atom. The number of sulfonamides is 1. The van der Waals surface area contributed by atoms with Crippen molar-refractivity contribution < 1.29 is 13.2 Å². The molecule has 0 spiro atoms. The SMILES string of the molecule is Cc1ccccc1N1CCN(S(=O)(=O)CC23CCC(CC2NC(=O)C(C)c2c[nH]cn2)C3(C)C)CC1. The smallest absolute Gasteiger partial charge is 0.229 e. The van der Waals surface area contributed by atoms with Gasteiger partial charge in [-0.3, -0.25) is 4.79 Å². The highest BCUT2D eigenvalue weighted by Gasteiger charge is 2.66. The fourth-order valence-corrected chi connectivity index (χ4v) is 9.38. The van der Waals surface area contributed by atoms with Crippen LogP contribution in [0.25, 0.3) is 0 Å². The fourth-order valence-electron chi connectivity index (χ4n) is 7.10. The predicted molar refractivity (Wildman–Crippen MR) is 141 cm³/mol. The maximum atomic E-state index is 13.9. The molecule has 8 nitrogen and oxygen atoms in total. The van der Waals surface area contributed by atoms with Crippen molar-refractivity contribution in [2.45, 2.75) is 58.9 Å². The van der Waals surface area contributed by atoms with Gasteiger partial charge in [-0.15, -0.1) is 0 Å². The van der Waals surface area contributed by atoms with E-state index < -0.39 is 15.4 Å². The summed E-state index contributed by atoms with van der Waals surface area (Å²) in [5, 5.41) is 3.27. The van der Waals surface area contributed by atoms with Crippen molar-refractivity contribution in [1.82, 2.24) is 19.6 Å². The molecule has 2 bridgehead atoms. The van der Waals surface area contributed by atoms with Crippen LogP contribution >= 0.6 is 0 Å². The van der Waals surface area contributed by atoms with Gasteiger partial charge in [-0.25, -0.2) is 13.4 Å². The van der Waals surface area contributed by atoms with Crippen molar-refractivity contribution >= 4 is 21.6 Å². The first-order valence-electron chi connectivity index (χ1n) is 13.1. The molecule has 5 rings (SSSR count).